The van der Waals surface area contributed by atoms with Gasteiger partial charge in [-0.25, -0.2) is 12.8 Å². The smallest absolute Gasteiger partial charge is 0.269 e. The molecule has 0 aliphatic carbocycles. The Labute approximate surface area is 171 Å². The highest BCUT2D eigenvalue weighted by Crippen LogP contribution is 2.24. The normalized spacial score (nSPS) is 15.8. The Morgan fingerprint density at radius 3 is 2.34 bits per heavy atom. The second-order valence-corrected chi connectivity index (χ2v) is 8.84. The largest absolute Gasteiger partial charge is 0.349 e. The molecule has 0 atom stereocenters. The van der Waals surface area contributed by atoms with Gasteiger partial charge in [-0.15, -0.1) is 0 Å². The summed E-state index contributed by atoms with van der Waals surface area (Å²) in [6, 6.07) is 8.29. The molecule has 2 aromatic rings. The number of nitro benzene ring substituents is 1. The maximum absolute atomic E-state index is 13.9. The molecule has 1 fully saturated rings. The van der Waals surface area contributed by atoms with Crippen molar-refractivity contribution in [1.29, 1.82) is 0 Å². The fourth-order valence-corrected chi connectivity index (χ4v) is 4.82. The van der Waals surface area contributed by atoms with Crippen molar-refractivity contribution in [2.45, 2.75) is 23.8 Å². The summed E-state index contributed by atoms with van der Waals surface area (Å²) < 4.78 is 40.5. The number of nitrogens with zero attached hydrogens (tertiary/aromatic N) is 2. The monoisotopic (exact) mass is 441 g/mol. The molecule has 11 heteroatoms. The van der Waals surface area contributed by atoms with Crippen LogP contribution in [0.1, 0.15) is 23.2 Å². The Morgan fingerprint density at radius 1 is 1.17 bits per heavy atom. The molecule has 3 rings (SSSR count). The number of hydrogen-bond donors (Lipinski definition) is 1. The van der Waals surface area contributed by atoms with Crippen molar-refractivity contribution in [3.63, 3.8) is 0 Å². The molecule has 0 saturated carbocycles. The number of carbonyl (C=O) groups excluding carboxylic acids is 1. The lowest BCUT2D eigenvalue weighted by molar-refractivity contribution is -0.384. The van der Waals surface area contributed by atoms with Crippen molar-refractivity contribution in [2.24, 2.45) is 0 Å². The number of piperidine rings is 1. The van der Waals surface area contributed by atoms with Gasteiger partial charge in [0.1, 0.15) is 5.82 Å². The van der Waals surface area contributed by atoms with Gasteiger partial charge in [0.15, 0.2) is 0 Å². The summed E-state index contributed by atoms with van der Waals surface area (Å²) in [5.41, 5.74) is -0.438. The number of nitro groups is 1. The van der Waals surface area contributed by atoms with Crippen molar-refractivity contribution in [3.8, 4) is 0 Å². The van der Waals surface area contributed by atoms with Crippen LogP contribution in [0, 0.1) is 15.9 Å². The van der Waals surface area contributed by atoms with Gasteiger partial charge in [0, 0.05) is 31.3 Å². The molecule has 0 unspecified atom stereocenters. The van der Waals surface area contributed by atoms with Gasteiger partial charge >= 0.3 is 0 Å². The van der Waals surface area contributed by atoms with Crippen molar-refractivity contribution < 1.29 is 22.5 Å². The standard InChI is InChI=1S/C18H17ClFN3O5S/c19-15-2-1-3-16(20)17(15)18(24)21-12-8-10-22(11-9-12)29(27,28)14-6-4-13(5-7-14)23(25)26/h1-7,12H,8-11H2,(H,21,24). The van der Waals surface area contributed by atoms with Crippen LogP contribution in [-0.2, 0) is 10.0 Å². The molecular formula is C18H17ClFN3O5S. The van der Waals surface area contributed by atoms with E-state index < -0.39 is 26.7 Å². The quantitative estimate of drug-likeness (QED) is 0.566. The zero-order valence-electron chi connectivity index (χ0n) is 15.0. The van der Waals surface area contributed by atoms with Crippen molar-refractivity contribution >= 4 is 33.2 Å². The molecule has 8 nitrogen and oxygen atoms in total. The van der Waals surface area contributed by atoms with E-state index in [2.05, 4.69) is 5.32 Å². The van der Waals surface area contributed by atoms with Crippen LogP contribution < -0.4 is 5.32 Å². The molecule has 0 spiro atoms. The number of non-ortho nitro benzene ring substituents is 1. The molecule has 1 aliphatic heterocycles. The molecule has 29 heavy (non-hydrogen) atoms. The number of benzene rings is 2. The first-order valence-electron chi connectivity index (χ1n) is 8.69. The van der Waals surface area contributed by atoms with E-state index in [1.54, 1.807) is 0 Å². The highest BCUT2D eigenvalue weighted by atomic mass is 35.5. The molecule has 1 N–H and O–H groups in total. The number of hydrogen-bond acceptors (Lipinski definition) is 5. The highest BCUT2D eigenvalue weighted by Gasteiger charge is 2.31. The average Bonchev–Trinajstić information content (AvgIpc) is 2.68. The second-order valence-electron chi connectivity index (χ2n) is 6.50. The Balaban J connectivity index is 1.64. The minimum atomic E-state index is -3.81. The SMILES string of the molecule is O=C(NC1CCN(S(=O)(=O)c2ccc([N+](=O)[O-])cc2)CC1)c1c(F)cccc1Cl. The van der Waals surface area contributed by atoms with E-state index in [4.69, 9.17) is 11.6 Å². The Bertz CT molecular complexity index is 1020. The summed E-state index contributed by atoms with van der Waals surface area (Å²) in [6.07, 6.45) is 0.675. The summed E-state index contributed by atoms with van der Waals surface area (Å²) in [7, 11) is -3.81. The van der Waals surface area contributed by atoms with Gasteiger partial charge in [-0.2, -0.15) is 4.31 Å². The lowest BCUT2D eigenvalue weighted by Crippen LogP contribution is -2.46. The van der Waals surface area contributed by atoms with Crippen molar-refractivity contribution in [1.82, 2.24) is 9.62 Å². The number of halogens is 2. The fourth-order valence-electron chi connectivity index (χ4n) is 3.10. The molecule has 0 aromatic heterocycles. The first-order valence-corrected chi connectivity index (χ1v) is 10.5. The number of rotatable bonds is 5. The van der Waals surface area contributed by atoms with Gasteiger partial charge in [0.2, 0.25) is 10.0 Å². The summed E-state index contributed by atoms with van der Waals surface area (Å²) >= 11 is 5.89. The third kappa shape index (κ3) is 4.55. The number of nitrogens with one attached hydrogen (secondary N) is 1. The fraction of sp³-hybridized carbons (Fsp3) is 0.278. The minimum absolute atomic E-state index is 0.000634. The third-order valence-electron chi connectivity index (χ3n) is 4.66. The summed E-state index contributed by atoms with van der Waals surface area (Å²) in [5, 5.41) is 13.4. The van der Waals surface area contributed by atoms with Crippen LogP contribution in [0.3, 0.4) is 0 Å². The van der Waals surface area contributed by atoms with Gasteiger partial charge in [-0.1, -0.05) is 17.7 Å². The van der Waals surface area contributed by atoms with Crippen molar-refractivity contribution in [2.75, 3.05) is 13.1 Å². The van der Waals surface area contributed by atoms with Gasteiger partial charge in [-0.05, 0) is 37.1 Å². The van der Waals surface area contributed by atoms with Crippen LogP contribution in [0.15, 0.2) is 47.4 Å². The Morgan fingerprint density at radius 2 is 1.79 bits per heavy atom. The molecule has 1 heterocycles. The van der Waals surface area contributed by atoms with E-state index in [9.17, 15) is 27.7 Å². The maximum Gasteiger partial charge on any atom is 0.269 e. The Kier molecular flexibility index (Phi) is 6.15. The van der Waals surface area contributed by atoms with Gasteiger partial charge < -0.3 is 5.32 Å². The van der Waals surface area contributed by atoms with E-state index in [0.29, 0.717) is 12.8 Å². The summed E-state index contributed by atoms with van der Waals surface area (Å²) in [6.45, 7) is 0.296. The molecule has 2 aromatic carbocycles. The van der Waals surface area contributed by atoms with Gasteiger partial charge in [0.05, 0.1) is 20.4 Å². The lowest BCUT2D eigenvalue weighted by Gasteiger charge is -2.31. The van der Waals surface area contributed by atoms with Crippen LogP contribution in [0.2, 0.25) is 5.02 Å². The van der Waals surface area contributed by atoms with Crippen LogP contribution >= 0.6 is 11.6 Å². The lowest BCUT2D eigenvalue weighted by atomic mass is 10.1. The molecular weight excluding hydrogens is 425 g/mol. The van der Waals surface area contributed by atoms with E-state index in [0.717, 1.165) is 18.2 Å². The van der Waals surface area contributed by atoms with E-state index >= 15 is 0 Å². The first-order chi connectivity index (χ1) is 13.7. The van der Waals surface area contributed by atoms with Gasteiger partial charge in [0.25, 0.3) is 11.6 Å². The van der Waals surface area contributed by atoms with Crippen LogP contribution in [0.25, 0.3) is 0 Å². The third-order valence-corrected chi connectivity index (χ3v) is 6.89. The van der Waals surface area contributed by atoms with E-state index in [-0.39, 0.29) is 40.3 Å². The average molecular weight is 442 g/mol. The topological polar surface area (TPSA) is 110 Å². The highest BCUT2D eigenvalue weighted by molar-refractivity contribution is 7.89. The maximum atomic E-state index is 13.9. The van der Waals surface area contributed by atoms with E-state index in [1.165, 1.54) is 28.6 Å². The molecule has 0 radical (unpaired) electrons. The number of sulfonamides is 1. The molecule has 1 aliphatic rings. The number of amides is 1. The molecule has 154 valence electrons. The van der Waals surface area contributed by atoms with Crippen molar-refractivity contribution in [3.05, 3.63) is 69.0 Å². The minimum Gasteiger partial charge on any atom is -0.349 e. The first kappa shape index (κ1) is 21.2. The molecule has 1 amide bonds. The second kappa shape index (κ2) is 8.44. The Hall–Kier alpha value is -2.56. The van der Waals surface area contributed by atoms with E-state index in [1.807, 2.05) is 0 Å². The summed E-state index contributed by atoms with van der Waals surface area (Å²) in [5.74, 6) is -1.38. The summed E-state index contributed by atoms with van der Waals surface area (Å²) in [4.78, 5) is 22.4. The van der Waals surface area contributed by atoms with Crippen LogP contribution in [-0.4, -0.2) is 42.7 Å². The predicted octanol–water partition coefficient (Wildman–Crippen LogP) is 2.97. The van der Waals surface area contributed by atoms with Gasteiger partial charge in [-0.3, -0.25) is 14.9 Å². The van der Waals surface area contributed by atoms with Crippen LogP contribution in [0.4, 0.5) is 10.1 Å². The number of carbonyl (C=O) groups is 1. The molecule has 0 bridgehead atoms. The predicted molar refractivity (Wildman–Crippen MR) is 104 cm³/mol. The van der Waals surface area contributed by atoms with Crippen LogP contribution in [0.5, 0.6) is 0 Å². The zero-order chi connectivity index (χ0) is 21.2. The zero-order valence-corrected chi connectivity index (χ0v) is 16.6. The molecule has 1 saturated heterocycles.